The Morgan fingerprint density at radius 1 is 0.500 bits per heavy atom. The normalized spacial score (nSPS) is 17.3. The standard InChI is InChI=1S/C9HF17O4.2F2/c10-2(1(27)28,5(14,15)16)29-9(25,26)4(13,7(20,21)22)30-8(23,24)3(11,12)6(17,18)19;2*1-2/h(H,27,28);;. The van der Waals surface area contributed by atoms with Crippen LogP contribution in [0.3, 0.4) is 0 Å². The van der Waals surface area contributed by atoms with Gasteiger partial charge in [0.25, 0.3) is 0 Å². The van der Waals surface area contributed by atoms with Gasteiger partial charge in [0.1, 0.15) is 0 Å². The molecule has 25 heteroatoms. The Kier molecular flexibility index (Phi) is 11.5. The number of carboxylic acid groups (broad SMARTS) is 1. The topological polar surface area (TPSA) is 55.8 Å². The van der Waals surface area contributed by atoms with Crippen LogP contribution in [-0.2, 0) is 14.3 Å². The molecule has 0 aromatic carbocycles. The van der Waals surface area contributed by atoms with E-state index < -0.39 is 54.3 Å². The Balaban J connectivity index is -0.00000227. The number of carboxylic acids is 1. The van der Waals surface area contributed by atoms with Crippen molar-refractivity contribution in [1.29, 1.82) is 0 Å². The molecule has 34 heavy (non-hydrogen) atoms. The van der Waals surface area contributed by atoms with Crippen LogP contribution in [0.5, 0.6) is 0 Å². The van der Waals surface area contributed by atoms with Gasteiger partial charge in [0.15, 0.2) is 0 Å². The molecular formula is C9HF21O4. The zero-order valence-electron chi connectivity index (χ0n) is 14.1. The van der Waals surface area contributed by atoms with Crippen molar-refractivity contribution in [2.75, 3.05) is 0 Å². The van der Waals surface area contributed by atoms with E-state index in [0.717, 1.165) is 0 Å². The van der Waals surface area contributed by atoms with Gasteiger partial charge in [0.05, 0.1) is 0 Å². The summed E-state index contributed by atoms with van der Waals surface area (Å²) in [6.07, 6.45) is -38.8. The van der Waals surface area contributed by atoms with Crippen molar-refractivity contribution in [2.24, 2.45) is 0 Å². The molecule has 0 aliphatic heterocycles. The summed E-state index contributed by atoms with van der Waals surface area (Å²) >= 11 is 0. The highest BCUT2D eigenvalue weighted by molar-refractivity contribution is 5.76. The van der Waals surface area contributed by atoms with E-state index in [9.17, 15) is 79.4 Å². The molecule has 0 spiro atoms. The molecule has 0 radical (unpaired) electrons. The summed E-state index contributed by atoms with van der Waals surface area (Å²) in [5.74, 6) is -27.3. The van der Waals surface area contributed by atoms with Gasteiger partial charge in [-0.1, -0.05) is 0 Å². The first kappa shape index (κ1) is 36.5. The molecule has 0 aromatic rings. The van der Waals surface area contributed by atoms with Gasteiger partial charge in [-0.3, -0.25) is 9.47 Å². The maximum Gasteiger partial charge on any atom is 0.462 e. The predicted molar refractivity (Wildman–Crippen MR) is 54.9 cm³/mol. The first-order chi connectivity index (χ1) is 14.6. The molecule has 0 rings (SSSR count). The highest BCUT2D eigenvalue weighted by atomic mass is 20.0. The molecular weight excluding hydrogens is 571 g/mol. The molecule has 0 amide bonds. The van der Waals surface area contributed by atoms with E-state index in [2.05, 4.69) is 0 Å². The van der Waals surface area contributed by atoms with E-state index in [1.807, 2.05) is 0 Å². The fourth-order valence-electron chi connectivity index (χ4n) is 1.15. The average Bonchev–Trinajstić information content (AvgIpc) is 2.61. The summed E-state index contributed by atoms with van der Waals surface area (Å²) < 4.78 is 248. The number of carbonyl (C=O) groups is 1. The van der Waals surface area contributed by atoms with Crippen LogP contribution in [0.15, 0.2) is 0 Å². The highest BCUT2D eigenvalue weighted by Gasteiger charge is 2.85. The molecule has 4 nitrogen and oxygen atoms in total. The molecule has 0 bridgehead atoms. The zero-order chi connectivity index (χ0) is 29.0. The Morgan fingerprint density at radius 2 is 0.824 bits per heavy atom. The first-order valence-electron chi connectivity index (χ1n) is 6.24. The Bertz CT molecular complexity index is 650. The maximum absolute atomic E-state index is 13.5. The number of halogens is 21. The SMILES string of the molecule is FF.FF.O=C(O)C(F)(OC(F)(F)C(F)(OC(F)(F)C(F)(F)C(F)(F)F)C(F)(F)F)C(F)(F)F. The van der Waals surface area contributed by atoms with Crippen molar-refractivity contribution in [3.8, 4) is 0 Å². The van der Waals surface area contributed by atoms with Crippen molar-refractivity contribution in [1.82, 2.24) is 0 Å². The molecule has 0 aliphatic carbocycles. The quantitative estimate of drug-likeness (QED) is 0.349. The molecule has 1 N–H and O–H groups in total. The van der Waals surface area contributed by atoms with E-state index in [4.69, 9.17) is 23.4 Å². The lowest BCUT2D eigenvalue weighted by molar-refractivity contribution is -0.548. The van der Waals surface area contributed by atoms with Crippen molar-refractivity contribution in [3.63, 3.8) is 0 Å². The van der Waals surface area contributed by atoms with Gasteiger partial charge in [-0.25, -0.2) is 4.79 Å². The monoisotopic (exact) mass is 572 g/mol. The minimum atomic E-state index is -8.09. The number of rotatable bonds is 7. The Hall–Kier alpha value is -2.08. The summed E-state index contributed by atoms with van der Waals surface area (Å²) in [4.78, 5) is 10.1. The third kappa shape index (κ3) is 6.74. The number of hydrogen-bond acceptors (Lipinski definition) is 3. The van der Waals surface area contributed by atoms with Crippen LogP contribution in [-0.4, -0.2) is 59.5 Å². The number of aliphatic carboxylic acids is 1. The number of alkyl halides is 17. The summed E-state index contributed by atoms with van der Waals surface area (Å²) in [6, 6.07) is 0. The summed E-state index contributed by atoms with van der Waals surface area (Å²) in [7, 11) is 0. The van der Waals surface area contributed by atoms with Crippen molar-refractivity contribution in [3.05, 3.63) is 0 Å². The number of hydrogen-bond donors (Lipinski definition) is 1. The fraction of sp³-hybridized carbons (Fsp3) is 0.889. The third-order valence-electron chi connectivity index (χ3n) is 2.64. The minimum absolute atomic E-state index is 1.19. The lowest BCUT2D eigenvalue weighted by atomic mass is 10.2. The lowest BCUT2D eigenvalue weighted by Gasteiger charge is -2.39. The molecule has 0 heterocycles. The molecule has 0 saturated carbocycles. The second-order valence-corrected chi connectivity index (χ2v) is 4.80. The van der Waals surface area contributed by atoms with Crippen LogP contribution in [0.4, 0.5) is 92.9 Å². The molecule has 0 aliphatic rings. The van der Waals surface area contributed by atoms with E-state index in [1.165, 1.54) is 9.47 Å². The van der Waals surface area contributed by atoms with Gasteiger partial charge < -0.3 is 5.11 Å². The van der Waals surface area contributed by atoms with Gasteiger partial charge in [0.2, 0.25) is 0 Å². The van der Waals surface area contributed by atoms with Crippen molar-refractivity contribution < 1.29 is 112 Å². The lowest BCUT2D eigenvalue weighted by Crippen LogP contribution is -2.68. The smallest absolute Gasteiger partial charge is 0.462 e. The van der Waals surface area contributed by atoms with Crippen LogP contribution < -0.4 is 0 Å². The van der Waals surface area contributed by atoms with Gasteiger partial charge in [-0.15, -0.1) is 0 Å². The van der Waals surface area contributed by atoms with Crippen LogP contribution in [0.25, 0.3) is 0 Å². The highest BCUT2D eigenvalue weighted by Crippen LogP contribution is 2.56. The van der Waals surface area contributed by atoms with Crippen molar-refractivity contribution >= 4 is 5.97 Å². The van der Waals surface area contributed by atoms with E-state index in [-0.39, 0.29) is 0 Å². The third-order valence-corrected chi connectivity index (χ3v) is 2.64. The second kappa shape index (κ2) is 10.7. The van der Waals surface area contributed by atoms with E-state index >= 15 is 0 Å². The van der Waals surface area contributed by atoms with Crippen LogP contribution >= 0.6 is 0 Å². The largest absolute Gasteiger partial charge is 0.477 e. The molecule has 2 unspecified atom stereocenters. The average molecular weight is 572 g/mol. The second-order valence-electron chi connectivity index (χ2n) is 4.80. The Morgan fingerprint density at radius 3 is 1.03 bits per heavy atom. The summed E-state index contributed by atoms with van der Waals surface area (Å²) in [5, 5.41) is 7.85. The maximum atomic E-state index is 13.5. The molecule has 0 fully saturated rings. The minimum Gasteiger partial charge on any atom is -0.477 e. The van der Waals surface area contributed by atoms with E-state index in [0.29, 0.717) is 0 Å². The molecule has 2 atom stereocenters. The van der Waals surface area contributed by atoms with Gasteiger partial charge >= 0.3 is 54.3 Å². The van der Waals surface area contributed by atoms with Gasteiger partial charge in [-0.05, 0) is 0 Å². The fourth-order valence-corrected chi connectivity index (χ4v) is 1.15. The van der Waals surface area contributed by atoms with Crippen LogP contribution in [0, 0.1) is 0 Å². The molecule has 0 saturated heterocycles. The summed E-state index contributed by atoms with van der Waals surface area (Å²) in [6.45, 7) is 0. The first-order valence-corrected chi connectivity index (χ1v) is 6.24. The zero-order valence-corrected chi connectivity index (χ0v) is 14.1. The molecule has 208 valence electrons. The Labute approximate surface area is 168 Å². The number of ether oxygens (including phenoxy) is 2. The van der Waals surface area contributed by atoms with Gasteiger partial charge in [-0.2, -0.15) is 74.6 Å². The van der Waals surface area contributed by atoms with Crippen molar-refractivity contribution in [2.45, 2.75) is 48.4 Å². The summed E-state index contributed by atoms with van der Waals surface area (Å²) in [5.41, 5.74) is 0. The van der Waals surface area contributed by atoms with Gasteiger partial charge in [0, 0.05) is 18.3 Å². The predicted octanol–water partition coefficient (Wildman–Crippen LogP) is 6.62. The van der Waals surface area contributed by atoms with E-state index in [1.54, 1.807) is 0 Å². The van der Waals surface area contributed by atoms with Crippen LogP contribution in [0.1, 0.15) is 0 Å². The molecule has 0 aromatic heterocycles. The van der Waals surface area contributed by atoms with Crippen LogP contribution in [0.2, 0.25) is 0 Å².